The largest absolute Gasteiger partial charge is 0.497 e. The normalized spacial score (nSPS) is 27.2. The fourth-order valence-electron chi connectivity index (χ4n) is 2.92. The van der Waals surface area contributed by atoms with Gasteiger partial charge in [-0.05, 0) is 17.7 Å². The minimum absolute atomic E-state index is 0.0521. The molecule has 0 aromatic heterocycles. The van der Waals surface area contributed by atoms with Gasteiger partial charge in [-0.1, -0.05) is 23.9 Å². The van der Waals surface area contributed by atoms with Crippen LogP contribution in [0.25, 0.3) is 0 Å². The number of benzene rings is 1. The van der Waals surface area contributed by atoms with Crippen LogP contribution in [0.4, 0.5) is 0 Å². The number of carbonyl (C=O) groups is 1. The first-order valence-corrected chi connectivity index (χ1v) is 9.94. The summed E-state index contributed by atoms with van der Waals surface area (Å²) in [7, 11) is -1.42. The van der Waals surface area contributed by atoms with E-state index in [0.717, 1.165) is 11.3 Å². The Balaban J connectivity index is 1.89. The van der Waals surface area contributed by atoms with E-state index >= 15 is 0 Å². The highest BCUT2D eigenvalue weighted by Crippen LogP contribution is 2.39. The fraction of sp³-hybridized carbons (Fsp3) is 0.467. The van der Waals surface area contributed by atoms with Gasteiger partial charge < -0.3 is 9.64 Å². The number of thioether (sulfide) groups is 1. The van der Waals surface area contributed by atoms with E-state index < -0.39 is 9.84 Å². The highest BCUT2D eigenvalue weighted by atomic mass is 32.2. The average Bonchev–Trinajstić information content (AvgIpc) is 2.92. The molecular weight excluding hydrogens is 336 g/mol. The van der Waals surface area contributed by atoms with Gasteiger partial charge in [0, 0.05) is 18.7 Å². The van der Waals surface area contributed by atoms with Crippen molar-refractivity contribution in [1.29, 1.82) is 0 Å². The quantitative estimate of drug-likeness (QED) is 0.815. The Bertz CT molecular complexity index is 760. The van der Waals surface area contributed by atoms with Crippen molar-refractivity contribution in [2.75, 3.05) is 18.6 Å². The smallest absolute Gasteiger partial charge is 0.244 e. The molecule has 0 aliphatic carbocycles. The van der Waals surface area contributed by atoms with Gasteiger partial charge in [0.05, 0.1) is 24.7 Å². The topological polar surface area (TPSA) is 76.0 Å². The summed E-state index contributed by atoms with van der Waals surface area (Å²) in [6.45, 7) is 1.91. The first-order chi connectivity index (χ1) is 10.9. The molecule has 2 saturated heterocycles. The molecule has 2 heterocycles. The zero-order valence-corrected chi connectivity index (χ0v) is 14.6. The van der Waals surface area contributed by atoms with Gasteiger partial charge in [-0.25, -0.2) is 8.42 Å². The van der Waals surface area contributed by atoms with Crippen molar-refractivity contribution in [3.8, 4) is 5.75 Å². The van der Waals surface area contributed by atoms with Gasteiger partial charge in [0.25, 0.3) is 0 Å². The molecule has 0 bridgehead atoms. The van der Waals surface area contributed by atoms with Crippen LogP contribution in [0.15, 0.2) is 29.3 Å². The number of methoxy groups -OCH3 is 1. The molecule has 8 heteroatoms. The molecule has 1 aromatic carbocycles. The van der Waals surface area contributed by atoms with E-state index in [9.17, 15) is 13.2 Å². The van der Waals surface area contributed by atoms with E-state index in [2.05, 4.69) is 4.99 Å². The van der Waals surface area contributed by atoms with Gasteiger partial charge in [0.2, 0.25) is 5.91 Å². The Morgan fingerprint density at radius 1 is 1.43 bits per heavy atom. The van der Waals surface area contributed by atoms with Crippen molar-refractivity contribution in [2.45, 2.75) is 24.8 Å². The lowest BCUT2D eigenvalue weighted by atomic mass is 10.1. The summed E-state index contributed by atoms with van der Waals surface area (Å²) in [5, 5.41) is 0.564. The molecule has 3 rings (SSSR count). The minimum Gasteiger partial charge on any atom is -0.497 e. The van der Waals surface area contributed by atoms with Crippen molar-refractivity contribution in [1.82, 2.24) is 4.90 Å². The summed E-state index contributed by atoms with van der Waals surface area (Å²) in [5.41, 5.74) is 0.992. The molecule has 23 heavy (non-hydrogen) atoms. The van der Waals surface area contributed by atoms with Gasteiger partial charge >= 0.3 is 0 Å². The van der Waals surface area contributed by atoms with Crippen molar-refractivity contribution in [3.63, 3.8) is 0 Å². The van der Waals surface area contributed by atoms with E-state index in [1.54, 1.807) is 7.11 Å². The van der Waals surface area contributed by atoms with E-state index in [-0.39, 0.29) is 28.7 Å². The number of ether oxygens (including phenoxy) is 1. The molecule has 1 amide bonds. The van der Waals surface area contributed by atoms with Crippen LogP contribution in [-0.4, -0.2) is 54.3 Å². The SMILES string of the molecule is COc1cccc(CN2C(=NC(C)=O)SC3CS(=O)(=O)CC32)c1. The Kier molecular flexibility index (Phi) is 4.37. The molecule has 0 saturated carbocycles. The van der Waals surface area contributed by atoms with Gasteiger partial charge in [0.15, 0.2) is 15.0 Å². The second-order valence-corrected chi connectivity index (χ2v) is 9.05. The van der Waals surface area contributed by atoms with Gasteiger partial charge in [-0.15, -0.1) is 0 Å². The molecule has 6 nitrogen and oxygen atoms in total. The van der Waals surface area contributed by atoms with Crippen LogP contribution < -0.4 is 4.74 Å². The maximum Gasteiger partial charge on any atom is 0.244 e. The number of carbonyl (C=O) groups excluding carboxylic acids is 1. The van der Waals surface area contributed by atoms with Gasteiger partial charge in [0.1, 0.15) is 5.75 Å². The third kappa shape index (κ3) is 3.53. The third-order valence-electron chi connectivity index (χ3n) is 3.92. The maximum atomic E-state index is 11.9. The third-order valence-corrected chi connectivity index (χ3v) is 7.16. The van der Waals surface area contributed by atoms with Crippen LogP contribution >= 0.6 is 11.8 Å². The van der Waals surface area contributed by atoms with Crippen LogP contribution in [-0.2, 0) is 21.2 Å². The first kappa shape index (κ1) is 16.3. The molecule has 2 aliphatic heterocycles. The Morgan fingerprint density at radius 3 is 2.91 bits per heavy atom. The summed E-state index contributed by atoms with van der Waals surface area (Å²) in [6, 6.07) is 7.48. The Hall–Kier alpha value is -1.54. The number of sulfone groups is 1. The summed E-state index contributed by atoms with van der Waals surface area (Å²) in [5.74, 6) is 0.736. The fourth-order valence-corrected chi connectivity index (χ4v) is 6.92. The number of amidine groups is 1. The summed E-state index contributed by atoms with van der Waals surface area (Å²) in [6.07, 6.45) is 0. The number of hydrogen-bond acceptors (Lipinski definition) is 5. The van der Waals surface area contributed by atoms with Crippen molar-refractivity contribution < 1.29 is 17.9 Å². The van der Waals surface area contributed by atoms with Crippen LogP contribution in [0.3, 0.4) is 0 Å². The number of fused-ring (bicyclic) bond motifs is 1. The number of rotatable bonds is 3. The van der Waals surface area contributed by atoms with Gasteiger partial charge in [-0.3, -0.25) is 4.79 Å². The summed E-state index contributed by atoms with van der Waals surface area (Å²) >= 11 is 1.39. The molecule has 0 radical (unpaired) electrons. The number of nitrogens with zero attached hydrogens (tertiary/aromatic N) is 2. The number of aliphatic imine (C=N–C) groups is 1. The summed E-state index contributed by atoms with van der Waals surface area (Å²) in [4.78, 5) is 17.4. The van der Waals surface area contributed by atoms with Crippen molar-refractivity contribution >= 4 is 32.7 Å². The van der Waals surface area contributed by atoms with Gasteiger partial charge in [-0.2, -0.15) is 4.99 Å². The van der Waals surface area contributed by atoms with Crippen LogP contribution in [0.5, 0.6) is 5.75 Å². The lowest BCUT2D eigenvalue weighted by Gasteiger charge is -2.24. The predicted octanol–water partition coefficient (Wildman–Crippen LogP) is 1.31. The zero-order valence-electron chi connectivity index (χ0n) is 12.9. The summed E-state index contributed by atoms with van der Waals surface area (Å²) < 4.78 is 29.0. The molecule has 2 aliphatic rings. The lowest BCUT2D eigenvalue weighted by molar-refractivity contribution is -0.115. The first-order valence-electron chi connectivity index (χ1n) is 7.24. The Labute approximate surface area is 139 Å². The highest BCUT2D eigenvalue weighted by Gasteiger charge is 2.48. The number of amides is 1. The predicted molar refractivity (Wildman–Crippen MR) is 90.5 cm³/mol. The van der Waals surface area contributed by atoms with Crippen LogP contribution in [0, 0.1) is 0 Å². The van der Waals surface area contributed by atoms with E-state index in [4.69, 9.17) is 4.74 Å². The van der Waals surface area contributed by atoms with Crippen molar-refractivity contribution in [3.05, 3.63) is 29.8 Å². The zero-order chi connectivity index (χ0) is 16.6. The lowest BCUT2D eigenvalue weighted by Crippen LogP contribution is -2.37. The minimum atomic E-state index is -3.02. The van der Waals surface area contributed by atoms with Crippen LogP contribution in [0.1, 0.15) is 12.5 Å². The molecule has 0 spiro atoms. The maximum absolute atomic E-state index is 11.9. The molecule has 124 valence electrons. The highest BCUT2D eigenvalue weighted by molar-refractivity contribution is 8.15. The standard InChI is InChI=1S/C15H18N2O4S2/c1-10(18)16-15-17(7-11-4-3-5-12(6-11)21-2)13-8-23(19,20)9-14(13)22-15/h3-6,13-14H,7-9H2,1-2H3. The van der Waals surface area contributed by atoms with E-state index in [1.165, 1.54) is 18.7 Å². The molecule has 2 unspecified atom stereocenters. The molecule has 2 fully saturated rings. The monoisotopic (exact) mass is 354 g/mol. The van der Waals surface area contributed by atoms with E-state index in [0.29, 0.717) is 11.7 Å². The molecular formula is C15H18N2O4S2. The molecule has 0 N–H and O–H groups in total. The second kappa shape index (κ2) is 6.16. The average molecular weight is 354 g/mol. The van der Waals surface area contributed by atoms with E-state index in [1.807, 2.05) is 29.2 Å². The second-order valence-electron chi connectivity index (χ2n) is 5.69. The number of hydrogen-bond donors (Lipinski definition) is 0. The Morgan fingerprint density at radius 2 is 2.22 bits per heavy atom. The molecule has 1 aromatic rings. The molecule has 2 atom stereocenters. The van der Waals surface area contributed by atoms with Crippen LogP contribution in [0.2, 0.25) is 0 Å². The van der Waals surface area contributed by atoms with Crippen molar-refractivity contribution in [2.24, 2.45) is 4.99 Å².